The fourth-order valence-electron chi connectivity index (χ4n) is 2.27. The van der Waals surface area contributed by atoms with Crippen molar-refractivity contribution in [3.8, 4) is 11.5 Å². The average molecular weight is 301 g/mol. The standard InChI is InChI=1S/C18H23NO3/c1-13(2-3-14-4-8-16(20)9-5-14)19-12-18(22)15-6-10-17(21)11-7-15/h4-11,13,18-22H,2-3,12H2,1H3/t13-,18?/m1/s1. The van der Waals surface area contributed by atoms with Crippen LogP contribution in [0, 0.1) is 0 Å². The van der Waals surface area contributed by atoms with Crippen LogP contribution in [0.25, 0.3) is 0 Å². The van der Waals surface area contributed by atoms with Gasteiger partial charge in [-0.3, -0.25) is 0 Å². The zero-order chi connectivity index (χ0) is 15.9. The van der Waals surface area contributed by atoms with Crippen LogP contribution in [0.3, 0.4) is 0 Å². The molecule has 0 aliphatic rings. The van der Waals surface area contributed by atoms with Crippen molar-refractivity contribution < 1.29 is 15.3 Å². The summed E-state index contributed by atoms with van der Waals surface area (Å²) in [6.45, 7) is 2.56. The summed E-state index contributed by atoms with van der Waals surface area (Å²) in [5.41, 5.74) is 1.97. The minimum Gasteiger partial charge on any atom is -0.508 e. The van der Waals surface area contributed by atoms with E-state index in [2.05, 4.69) is 12.2 Å². The van der Waals surface area contributed by atoms with Gasteiger partial charge in [-0.2, -0.15) is 0 Å². The van der Waals surface area contributed by atoms with Crippen molar-refractivity contribution in [1.29, 1.82) is 0 Å². The van der Waals surface area contributed by atoms with Gasteiger partial charge in [0.15, 0.2) is 0 Å². The highest BCUT2D eigenvalue weighted by molar-refractivity contribution is 5.27. The molecule has 0 spiro atoms. The number of phenols is 2. The summed E-state index contributed by atoms with van der Waals surface area (Å²) >= 11 is 0. The molecule has 0 saturated heterocycles. The third-order valence-electron chi connectivity index (χ3n) is 3.74. The van der Waals surface area contributed by atoms with Gasteiger partial charge >= 0.3 is 0 Å². The van der Waals surface area contributed by atoms with Gasteiger partial charge in [-0.1, -0.05) is 24.3 Å². The summed E-state index contributed by atoms with van der Waals surface area (Å²) in [6.07, 6.45) is 1.29. The lowest BCUT2D eigenvalue weighted by Crippen LogP contribution is -2.30. The first kappa shape index (κ1) is 16.3. The summed E-state index contributed by atoms with van der Waals surface area (Å²) in [4.78, 5) is 0. The number of hydrogen-bond acceptors (Lipinski definition) is 4. The Balaban J connectivity index is 1.73. The third-order valence-corrected chi connectivity index (χ3v) is 3.74. The minimum atomic E-state index is -0.586. The van der Waals surface area contributed by atoms with Crippen molar-refractivity contribution in [2.75, 3.05) is 6.54 Å². The van der Waals surface area contributed by atoms with E-state index >= 15 is 0 Å². The predicted molar refractivity (Wildman–Crippen MR) is 87.0 cm³/mol. The van der Waals surface area contributed by atoms with E-state index in [0.29, 0.717) is 6.54 Å². The first-order chi connectivity index (χ1) is 10.5. The van der Waals surface area contributed by atoms with Gasteiger partial charge in [-0.25, -0.2) is 0 Å². The molecule has 4 nitrogen and oxygen atoms in total. The van der Waals surface area contributed by atoms with Crippen LogP contribution < -0.4 is 5.32 Å². The Morgan fingerprint density at radius 2 is 1.45 bits per heavy atom. The molecule has 0 aliphatic heterocycles. The summed E-state index contributed by atoms with van der Waals surface area (Å²) in [5, 5.41) is 31.9. The van der Waals surface area contributed by atoms with Crippen LogP contribution in [0.2, 0.25) is 0 Å². The van der Waals surface area contributed by atoms with Crippen molar-refractivity contribution in [3.05, 3.63) is 59.7 Å². The predicted octanol–water partition coefficient (Wildman–Crippen LogP) is 2.74. The normalized spacial score (nSPS) is 13.7. The SMILES string of the molecule is C[C@H](CCc1ccc(O)cc1)NCC(O)c1ccc(O)cc1. The Morgan fingerprint density at radius 3 is 2.05 bits per heavy atom. The zero-order valence-corrected chi connectivity index (χ0v) is 12.7. The van der Waals surface area contributed by atoms with Gasteiger partial charge < -0.3 is 20.6 Å². The third kappa shape index (κ3) is 5.06. The number of benzene rings is 2. The quantitative estimate of drug-likeness (QED) is 0.634. The van der Waals surface area contributed by atoms with Crippen molar-refractivity contribution >= 4 is 0 Å². The molecule has 2 rings (SSSR count). The largest absolute Gasteiger partial charge is 0.508 e. The molecule has 0 bridgehead atoms. The molecule has 1 unspecified atom stereocenters. The Hall–Kier alpha value is -2.04. The molecule has 2 aromatic rings. The number of hydrogen-bond donors (Lipinski definition) is 4. The van der Waals surface area contributed by atoms with Gasteiger partial charge in [0.1, 0.15) is 11.5 Å². The van der Waals surface area contributed by atoms with E-state index in [4.69, 9.17) is 0 Å². The van der Waals surface area contributed by atoms with E-state index in [1.54, 1.807) is 36.4 Å². The maximum atomic E-state index is 10.1. The van der Waals surface area contributed by atoms with E-state index in [1.165, 1.54) is 5.56 Å². The lowest BCUT2D eigenvalue weighted by atomic mass is 10.1. The molecular formula is C18H23NO3. The molecule has 0 amide bonds. The fourth-order valence-corrected chi connectivity index (χ4v) is 2.27. The first-order valence-electron chi connectivity index (χ1n) is 7.53. The average Bonchev–Trinajstić information content (AvgIpc) is 2.52. The van der Waals surface area contributed by atoms with E-state index < -0.39 is 6.10 Å². The molecule has 2 atom stereocenters. The lowest BCUT2D eigenvalue weighted by Gasteiger charge is -2.17. The van der Waals surface area contributed by atoms with Crippen molar-refractivity contribution in [1.82, 2.24) is 5.32 Å². The Labute approximate surface area is 131 Å². The van der Waals surface area contributed by atoms with Crippen LogP contribution in [-0.4, -0.2) is 27.9 Å². The van der Waals surface area contributed by atoms with Crippen molar-refractivity contribution in [2.45, 2.75) is 31.9 Å². The number of aromatic hydroxyl groups is 2. The topological polar surface area (TPSA) is 72.7 Å². The number of aliphatic hydroxyl groups excluding tert-OH is 1. The molecule has 22 heavy (non-hydrogen) atoms. The molecule has 0 aliphatic carbocycles. The summed E-state index contributed by atoms with van der Waals surface area (Å²) in [5.74, 6) is 0.484. The maximum Gasteiger partial charge on any atom is 0.115 e. The van der Waals surface area contributed by atoms with E-state index in [0.717, 1.165) is 18.4 Å². The first-order valence-corrected chi connectivity index (χ1v) is 7.53. The summed E-state index contributed by atoms with van der Waals surface area (Å²) < 4.78 is 0. The maximum absolute atomic E-state index is 10.1. The second-order valence-electron chi connectivity index (χ2n) is 5.62. The lowest BCUT2D eigenvalue weighted by molar-refractivity contribution is 0.170. The van der Waals surface area contributed by atoms with Crippen LogP contribution in [0.1, 0.15) is 30.6 Å². The number of phenolic OH excluding ortho intramolecular Hbond substituents is 2. The number of nitrogens with one attached hydrogen (secondary N) is 1. The van der Waals surface area contributed by atoms with Gasteiger partial charge in [-0.15, -0.1) is 0 Å². The van der Waals surface area contributed by atoms with Crippen LogP contribution in [-0.2, 0) is 6.42 Å². The Kier molecular flexibility index (Phi) is 5.81. The number of aliphatic hydroxyl groups is 1. The van der Waals surface area contributed by atoms with Crippen molar-refractivity contribution in [3.63, 3.8) is 0 Å². The highest BCUT2D eigenvalue weighted by atomic mass is 16.3. The fraction of sp³-hybridized carbons (Fsp3) is 0.333. The van der Waals surface area contributed by atoms with Gasteiger partial charge in [-0.05, 0) is 55.2 Å². The summed E-state index contributed by atoms with van der Waals surface area (Å²) in [6, 6.07) is 14.1. The van der Waals surface area contributed by atoms with E-state index in [-0.39, 0.29) is 17.5 Å². The van der Waals surface area contributed by atoms with Gasteiger partial charge in [0.2, 0.25) is 0 Å². The molecule has 0 saturated carbocycles. The second kappa shape index (κ2) is 7.82. The molecule has 0 heterocycles. The molecule has 0 fully saturated rings. The summed E-state index contributed by atoms with van der Waals surface area (Å²) in [7, 11) is 0. The highest BCUT2D eigenvalue weighted by Crippen LogP contribution is 2.16. The van der Waals surface area contributed by atoms with Crippen LogP contribution in [0.5, 0.6) is 11.5 Å². The van der Waals surface area contributed by atoms with E-state index in [1.807, 2.05) is 12.1 Å². The molecule has 2 aromatic carbocycles. The van der Waals surface area contributed by atoms with Crippen LogP contribution >= 0.6 is 0 Å². The van der Waals surface area contributed by atoms with Gasteiger partial charge in [0, 0.05) is 12.6 Å². The molecular weight excluding hydrogens is 278 g/mol. The molecule has 0 radical (unpaired) electrons. The minimum absolute atomic E-state index is 0.200. The molecule has 4 N–H and O–H groups in total. The Morgan fingerprint density at radius 1 is 0.909 bits per heavy atom. The molecule has 0 aromatic heterocycles. The van der Waals surface area contributed by atoms with Crippen LogP contribution in [0.4, 0.5) is 0 Å². The second-order valence-corrected chi connectivity index (χ2v) is 5.62. The Bertz CT molecular complexity index is 566. The van der Waals surface area contributed by atoms with Gasteiger partial charge in [0.25, 0.3) is 0 Å². The highest BCUT2D eigenvalue weighted by Gasteiger charge is 2.09. The van der Waals surface area contributed by atoms with E-state index in [9.17, 15) is 15.3 Å². The number of aryl methyl sites for hydroxylation is 1. The van der Waals surface area contributed by atoms with Crippen LogP contribution in [0.15, 0.2) is 48.5 Å². The molecule has 118 valence electrons. The monoisotopic (exact) mass is 301 g/mol. The smallest absolute Gasteiger partial charge is 0.115 e. The molecule has 4 heteroatoms. The number of rotatable bonds is 7. The van der Waals surface area contributed by atoms with Crippen molar-refractivity contribution in [2.24, 2.45) is 0 Å². The van der Waals surface area contributed by atoms with Gasteiger partial charge in [0.05, 0.1) is 6.10 Å². The zero-order valence-electron chi connectivity index (χ0n) is 12.7.